The molecule has 0 aliphatic heterocycles. The van der Waals surface area contributed by atoms with E-state index in [-0.39, 0.29) is 11.9 Å². The molecule has 1 amide bonds. The maximum atomic E-state index is 12.8. The summed E-state index contributed by atoms with van der Waals surface area (Å²) in [5.41, 5.74) is 4.43. The van der Waals surface area contributed by atoms with Gasteiger partial charge in [0.15, 0.2) is 11.5 Å². The lowest BCUT2D eigenvalue weighted by Gasteiger charge is -2.17. The second-order valence-corrected chi connectivity index (χ2v) is 7.47. The van der Waals surface area contributed by atoms with Gasteiger partial charge in [0.25, 0.3) is 5.91 Å². The van der Waals surface area contributed by atoms with Gasteiger partial charge in [-0.05, 0) is 61.4 Å². The molecule has 1 unspecified atom stereocenters. The van der Waals surface area contributed by atoms with Gasteiger partial charge in [-0.15, -0.1) is 5.10 Å². The van der Waals surface area contributed by atoms with Crippen LogP contribution >= 0.6 is 0 Å². The summed E-state index contributed by atoms with van der Waals surface area (Å²) in [5, 5.41) is 11.4. The Kier molecular flexibility index (Phi) is 6.35. The zero-order chi connectivity index (χ0) is 22.5. The Morgan fingerprint density at radius 1 is 1.06 bits per heavy atom. The summed E-state index contributed by atoms with van der Waals surface area (Å²) in [7, 11) is 1.61. The molecule has 0 bridgehead atoms. The van der Waals surface area contributed by atoms with Crippen LogP contribution in [-0.2, 0) is 6.54 Å². The number of hydrogen-bond donors (Lipinski definition) is 1. The summed E-state index contributed by atoms with van der Waals surface area (Å²) in [5.74, 6) is 1.20. The fourth-order valence-electron chi connectivity index (χ4n) is 3.56. The van der Waals surface area contributed by atoms with Crippen LogP contribution in [0.5, 0.6) is 11.5 Å². The van der Waals surface area contributed by atoms with E-state index in [0.717, 1.165) is 22.2 Å². The van der Waals surface area contributed by atoms with E-state index in [1.165, 1.54) is 0 Å². The van der Waals surface area contributed by atoms with Gasteiger partial charge in [-0.25, -0.2) is 4.68 Å². The number of fused-ring (bicyclic) bond motifs is 1. The van der Waals surface area contributed by atoms with Gasteiger partial charge in [-0.2, -0.15) is 0 Å². The Labute approximate surface area is 187 Å². The average Bonchev–Trinajstić information content (AvgIpc) is 3.22. The average molecular weight is 431 g/mol. The highest BCUT2D eigenvalue weighted by atomic mass is 16.5. The van der Waals surface area contributed by atoms with Crippen LogP contribution in [0, 0.1) is 0 Å². The number of hydrogen-bond acceptors (Lipinski definition) is 5. The van der Waals surface area contributed by atoms with Crippen LogP contribution in [0.3, 0.4) is 0 Å². The van der Waals surface area contributed by atoms with Gasteiger partial charge < -0.3 is 14.8 Å². The van der Waals surface area contributed by atoms with Crippen molar-refractivity contribution in [1.29, 1.82) is 0 Å². The van der Waals surface area contributed by atoms with Gasteiger partial charge in [0, 0.05) is 5.56 Å². The van der Waals surface area contributed by atoms with Crippen molar-refractivity contribution in [1.82, 2.24) is 20.3 Å². The van der Waals surface area contributed by atoms with Gasteiger partial charge >= 0.3 is 0 Å². The van der Waals surface area contributed by atoms with E-state index >= 15 is 0 Å². The van der Waals surface area contributed by atoms with Crippen molar-refractivity contribution in [2.45, 2.75) is 26.4 Å². The predicted octanol–water partition coefficient (Wildman–Crippen LogP) is 4.38. The summed E-state index contributed by atoms with van der Waals surface area (Å²) in [6, 6.07) is 20.9. The maximum absolute atomic E-state index is 12.8. The second kappa shape index (κ2) is 9.51. The first-order valence-corrected chi connectivity index (χ1v) is 10.6. The number of para-hydroxylation sites is 1. The number of amides is 1. The third-order valence-corrected chi connectivity index (χ3v) is 5.30. The summed E-state index contributed by atoms with van der Waals surface area (Å²) in [6.07, 6.45) is 0. The number of ether oxygens (including phenoxy) is 2. The molecule has 0 aliphatic rings. The molecule has 7 nitrogen and oxygen atoms in total. The molecule has 0 saturated heterocycles. The van der Waals surface area contributed by atoms with Crippen LogP contribution in [0.4, 0.5) is 0 Å². The van der Waals surface area contributed by atoms with Gasteiger partial charge in [-0.3, -0.25) is 4.79 Å². The molecule has 32 heavy (non-hydrogen) atoms. The lowest BCUT2D eigenvalue weighted by atomic mass is 10.1. The van der Waals surface area contributed by atoms with E-state index in [9.17, 15) is 4.79 Å². The number of aromatic nitrogens is 3. The van der Waals surface area contributed by atoms with Crippen LogP contribution in [-0.4, -0.2) is 34.6 Å². The van der Waals surface area contributed by atoms with E-state index in [1.807, 2.05) is 85.3 Å². The lowest BCUT2D eigenvalue weighted by molar-refractivity contribution is 0.0940. The largest absolute Gasteiger partial charge is 0.493 e. The summed E-state index contributed by atoms with van der Waals surface area (Å²) in [4.78, 5) is 12.8. The minimum Gasteiger partial charge on any atom is -0.493 e. The number of nitrogens with zero attached hydrogens (tertiary/aromatic N) is 3. The SMILES string of the molecule is CCOc1ccc(C(C)NC(=O)c2ccc(Cn3nnc4ccccc43)cc2)cc1OC. The highest BCUT2D eigenvalue weighted by molar-refractivity contribution is 5.94. The molecule has 0 spiro atoms. The second-order valence-electron chi connectivity index (χ2n) is 7.47. The Balaban J connectivity index is 1.42. The van der Waals surface area contributed by atoms with Crippen LogP contribution in [0.15, 0.2) is 66.7 Å². The molecule has 4 rings (SSSR count). The molecule has 3 aromatic carbocycles. The number of benzene rings is 3. The molecule has 0 saturated carbocycles. The van der Waals surface area contributed by atoms with E-state index < -0.39 is 0 Å². The fraction of sp³-hybridized carbons (Fsp3) is 0.240. The molecule has 0 fully saturated rings. The molecule has 1 N–H and O–H groups in total. The van der Waals surface area contributed by atoms with Crippen molar-refractivity contribution in [3.05, 3.63) is 83.4 Å². The predicted molar refractivity (Wildman–Crippen MR) is 123 cm³/mol. The van der Waals surface area contributed by atoms with Gasteiger partial charge in [0.05, 0.1) is 31.8 Å². The third kappa shape index (κ3) is 4.56. The topological polar surface area (TPSA) is 78.3 Å². The zero-order valence-corrected chi connectivity index (χ0v) is 18.4. The molecule has 4 aromatic rings. The third-order valence-electron chi connectivity index (χ3n) is 5.30. The number of carbonyl (C=O) groups is 1. The Bertz CT molecular complexity index is 1220. The highest BCUT2D eigenvalue weighted by Gasteiger charge is 2.14. The first kappa shape index (κ1) is 21.4. The number of nitrogens with one attached hydrogen (secondary N) is 1. The molecular weight excluding hydrogens is 404 g/mol. The monoisotopic (exact) mass is 430 g/mol. The fourth-order valence-corrected chi connectivity index (χ4v) is 3.56. The van der Waals surface area contributed by atoms with Crippen molar-refractivity contribution < 1.29 is 14.3 Å². The molecule has 7 heteroatoms. The molecule has 1 atom stereocenters. The Morgan fingerprint density at radius 3 is 2.59 bits per heavy atom. The van der Waals surface area contributed by atoms with Crippen LogP contribution in [0.2, 0.25) is 0 Å². The molecule has 0 aliphatic carbocycles. The summed E-state index contributed by atoms with van der Waals surface area (Å²) in [6.45, 7) is 5.02. The van der Waals surface area contributed by atoms with Gasteiger partial charge in [-0.1, -0.05) is 35.5 Å². The molecule has 0 radical (unpaired) electrons. The van der Waals surface area contributed by atoms with Crippen molar-refractivity contribution in [2.24, 2.45) is 0 Å². The number of carbonyl (C=O) groups excluding carboxylic acids is 1. The summed E-state index contributed by atoms with van der Waals surface area (Å²) >= 11 is 0. The van der Waals surface area contributed by atoms with Crippen molar-refractivity contribution >= 4 is 16.9 Å². The smallest absolute Gasteiger partial charge is 0.251 e. The zero-order valence-electron chi connectivity index (χ0n) is 18.4. The van der Waals surface area contributed by atoms with Crippen LogP contribution in [0.1, 0.15) is 41.4 Å². The molecular formula is C25H26N4O3. The van der Waals surface area contributed by atoms with Crippen LogP contribution in [0.25, 0.3) is 11.0 Å². The maximum Gasteiger partial charge on any atom is 0.251 e. The van der Waals surface area contributed by atoms with E-state index in [1.54, 1.807) is 7.11 Å². The standard InChI is InChI=1S/C25H26N4O3/c1-4-32-23-14-13-20(15-24(23)31-3)17(2)26-25(30)19-11-9-18(10-12-19)16-29-22-8-6-5-7-21(22)27-28-29/h5-15,17H,4,16H2,1-3H3,(H,26,30). The quantitative estimate of drug-likeness (QED) is 0.449. The van der Waals surface area contributed by atoms with E-state index in [2.05, 4.69) is 15.6 Å². The summed E-state index contributed by atoms with van der Waals surface area (Å²) < 4.78 is 12.8. The van der Waals surface area contributed by atoms with Crippen molar-refractivity contribution in [3.63, 3.8) is 0 Å². The molecule has 1 aromatic heterocycles. The lowest BCUT2D eigenvalue weighted by Crippen LogP contribution is -2.26. The minimum atomic E-state index is -0.187. The highest BCUT2D eigenvalue weighted by Crippen LogP contribution is 2.30. The normalized spacial score (nSPS) is 11.8. The first-order valence-electron chi connectivity index (χ1n) is 10.6. The van der Waals surface area contributed by atoms with Crippen LogP contribution < -0.4 is 14.8 Å². The number of rotatable bonds is 8. The minimum absolute atomic E-state index is 0.136. The first-order chi connectivity index (χ1) is 15.6. The molecule has 164 valence electrons. The van der Waals surface area contributed by atoms with Crippen molar-refractivity contribution in [2.75, 3.05) is 13.7 Å². The Hall–Kier alpha value is -3.87. The van der Waals surface area contributed by atoms with E-state index in [4.69, 9.17) is 9.47 Å². The van der Waals surface area contributed by atoms with Crippen molar-refractivity contribution in [3.8, 4) is 11.5 Å². The van der Waals surface area contributed by atoms with Gasteiger partial charge in [0.1, 0.15) is 5.52 Å². The number of methoxy groups -OCH3 is 1. The van der Waals surface area contributed by atoms with E-state index in [0.29, 0.717) is 30.2 Å². The van der Waals surface area contributed by atoms with Gasteiger partial charge in [0.2, 0.25) is 0 Å². The molecule has 1 heterocycles. The Morgan fingerprint density at radius 2 is 1.84 bits per heavy atom.